The molecule has 33 heavy (non-hydrogen) atoms. The Bertz CT molecular complexity index is 1110. The van der Waals surface area contributed by atoms with Crippen LogP contribution in [0.4, 0.5) is 5.69 Å². The number of ether oxygens (including phenoxy) is 3. The lowest BCUT2D eigenvalue weighted by Crippen LogP contribution is -2.35. The van der Waals surface area contributed by atoms with E-state index in [1.54, 1.807) is 44.6 Å². The second-order valence-electron chi connectivity index (χ2n) is 7.49. The normalized spacial score (nSPS) is 14.8. The predicted octanol–water partition coefficient (Wildman–Crippen LogP) is 3.93. The van der Waals surface area contributed by atoms with E-state index in [1.807, 2.05) is 6.92 Å². The average Bonchev–Trinajstić information content (AvgIpc) is 2.84. The average molecular weight is 475 g/mol. The highest BCUT2D eigenvalue weighted by Gasteiger charge is 2.27. The molecule has 0 aliphatic carbocycles. The Morgan fingerprint density at radius 1 is 1.03 bits per heavy atom. The molecule has 3 rings (SSSR count). The van der Waals surface area contributed by atoms with Crippen LogP contribution in [0.15, 0.2) is 47.4 Å². The van der Waals surface area contributed by atoms with Gasteiger partial charge in [-0.05, 0) is 62.2 Å². The zero-order valence-electron chi connectivity index (χ0n) is 19.2. The first kappa shape index (κ1) is 24.6. The Balaban J connectivity index is 1.85. The number of rotatable bonds is 9. The second kappa shape index (κ2) is 11.2. The van der Waals surface area contributed by atoms with Crippen LogP contribution in [0.1, 0.15) is 31.7 Å². The van der Waals surface area contributed by atoms with Crippen LogP contribution in [-0.2, 0) is 14.8 Å². The number of piperidine rings is 1. The number of sulfonamides is 1. The first-order valence-electron chi connectivity index (χ1n) is 10.9. The molecular formula is C24H30N2O6S. The van der Waals surface area contributed by atoms with Gasteiger partial charge in [-0.15, -0.1) is 0 Å². The highest BCUT2D eigenvalue weighted by Crippen LogP contribution is 2.31. The van der Waals surface area contributed by atoms with Crippen molar-refractivity contribution in [2.24, 2.45) is 0 Å². The molecule has 2 aromatic rings. The molecule has 1 heterocycles. The number of nitrogens with one attached hydrogen (secondary N) is 1. The molecule has 0 saturated carbocycles. The number of nitrogens with zero attached hydrogens (tertiary/aromatic N) is 1. The van der Waals surface area contributed by atoms with Crippen molar-refractivity contribution in [3.8, 4) is 17.2 Å². The van der Waals surface area contributed by atoms with Crippen LogP contribution in [0.3, 0.4) is 0 Å². The summed E-state index contributed by atoms with van der Waals surface area (Å²) in [4.78, 5) is 12.8. The molecule has 1 aliphatic heterocycles. The third-order valence-electron chi connectivity index (χ3n) is 5.31. The number of anilines is 1. The molecule has 1 fully saturated rings. The lowest BCUT2D eigenvalue weighted by Gasteiger charge is -2.26. The fraction of sp³-hybridized carbons (Fsp3) is 0.375. The molecule has 9 heteroatoms. The van der Waals surface area contributed by atoms with Gasteiger partial charge in [0, 0.05) is 24.7 Å². The summed E-state index contributed by atoms with van der Waals surface area (Å²) in [6.45, 7) is 3.20. The van der Waals surface area contributed by atoms with E-state index in [4.69, 9.17) is 14.2 Å². The Kier molecular flexibility index (Phi) is 8.35. The SMILES string of the molecule is CCOc1ccc(S(=O)(=O)N2CCCCC2)cc1NC(=O)/C=C/c1cc(OC)ccc1OC. The topological polar surface area (TPSA) is 94.2 Å². The summed E-state index contributed by atoms with van der Waals surface area (Å²) in [5.74, 6) is 1.18. The third kappa shape index (κ3) is 6.06. The predicted molar refractivity (Wildman–Crippen MR) is 127 cm³/mol. The maximum atomic E-state index is 13.1. The van der Waals surface area contributed by atoms with Gasteiger partial charge in [0.05, 0.1) is 31.4 Å². The largest absolute Gasteiger partial charge is 0.497 e. The van der Waals surface area contributed by atoms with Crippen molar-refractivity contribution in [2.45, 2.75) is 31.1 Å². The first-order chi connectivity index (χ1) is 15.9. The Morgan fingerprint density at radius 3 is 2.42 bits per heavy atom. The lowest BCUT2D eigenvalue weighted by molar-refractivity contribution is -0.111. The van der Waals surface area contributed by atoms with Gasteiger partial charge in [0.15, 0.2) is 0 Å². The minimum Gasteiger partial charge on any atom is -0.497 e. The number of benzene rings is 2. The highest BCUT2D eigenvalue weighted by molar-refractivity contribution is 7.89. The van der Waals surface area contributed by atoms with E-state index in [0.29, 0.717) is 48.2 Å². The molecule has 178 valence electrons. The monoisotopic (exact) mass is 474 g/mol. The van der Waals surface area contributed by atoms with E-state index >= 15 is 0 Å². The summed E-state index contributed by atoms with van der Waals surface area (Å²) < 4.78 is 43.8. The smallest absolute Gasteiger partial charge is 0.248 e. The summed E-state index contributed by atoms with van der Waals surface area (Å²) in [6, 6.07) is 9.80. The number of methoxy groups -OCH3 is 2. The number of carbonyl (C=O) groups is 1. The van der Waals surface area contributed by atoms with Crippen LogP contribution in [0.2, 0.25) is 0 Å². The van der Waals surface area contributed by atoms with Crippen LogP contribution in [0.5, 0.6) is 17.2 Å². The van der Waals surface area contributed by atoms with Crippen molar-refractivity contribution in [3.63, 3.8) is 0 Å². The highest BCUT2D eigenvalue weighted by atomic mass is 32.2. The van der Waals surface area contributed by atoms with E-state index in [0.717, 1.165) is 19.3 Å². The van der Waals surface area contributed by atoms with Crippen LogP contribution >= 0.6 is 0 Å². The molecule has 0 bridgehead atoms. The van der Waals surface area contributed by atoms with Crippen molar-refractivity contribution >= 4 is 27.7 Å². The van der Waals surface area contributed by atoms with Gasteiger partial charge in [-0.1, -0.05) is 6.42 Å². The number of hydrogen-bond acceptors (Lipinski definition) is 6. The van der Waals surface area contributed by atoms with Gasteiger partial charge >= 0.3 is 0 Å². The third-order valence-corrected chi connectivity index (χ3v) is 7.21. The van der Waals surface area contributed by atoms with Crippen molar-refractivity contribution in [1.82, 2.24) is 4.31 Å². The van der Waals surface area contributed by atoms with Gasteiger partial charge in [0.2, 0.25) is 15.9 Å². The van der Waals surface area contributed by atoms with Crippen molar-refractivity contribution in [1.29, 1.82) is 0 Å². The molecule has 0 spiro atoms. The molecule has 1 amide bonds. The van der Waals surface area contributed by atoms with Gasteiger partial charge in [-0.3, -0.25) is 4.79 Å². The maximum Gasteiger partial charge on any atom is 0.248 e. The molecule has 1 N–H and O–H groups in total. The lowest BCUT2D eigenvalue weighted by atomic mass is 10.1. The standard InChI is InChI=1S/C24H30N2O6S/c1-4-32-23-12-10-20(33(28,29)26-14-6-5-7-15-26)17-21(23)25-24(27)13-8-18-16-19(30-2)9-11-22(18)31-3/h8-13,16-17H,4-7,14-15H2,1-3H3,(H,25,27)/b13-8+. The fourth-order valence-electron chi connectivity index (χ4n) is 3.61. The summed E-state index contributed by atoms with van der Waals surface area (Å²) in [5, 5.41) is 2.74. The number of amides is 1. The molecule has 0 radical (unpaired) electrons. The summed E-state index contributed by atoms with van der Waals surface area (Å²) >= 11 is 0. The first-order valence-corrected chi connectivity index (χ1v) is 12.3. The van der Waals surface area contributed by atoms with E-state index < -0.39 is 15.9 Å². The van der Waals surface area contributed by atoms with Gasteiger partial charge in [0.25, 0.3) is 0 Å². The molecule has 0 atom stereocenters. The quantitative estimate of drug-likeness (QED) is 0.554. The zero-order valence-corrected chi connectivity index (χ0v) is 20.0. The van der Waals surface area contributed by atoms with Gasteiger partial charge in [-0.25, -0.2) is 8.42 Å². The van der Waals surface area contributed by atoms with Gasteiger partial charge < -0.3 is 19.5 Å². The van der Waals surface area contributed by atoms with Crippen molar-refractivity contribution in [3.05, 3.63) is 48.0 Å². The van der Waals surface area contributed by atoms with E-state index in [9.17, 15) is 13.2 Å². The Morgan fingerprint density at radius 2 is 1.76 bits per heavy atom. The van der Waals surface area contributed by atoms with E-state index in [-0.39, 0.29) is 4.90 Å². The summed E-state index contributed by atoms with van der Waals surface area (Å²) in [5.41, 5.74) is 0.959. The minimum absolute atomic E-state index is 0.126. The maximum absolute atomic E-state index is 13.1. The molecule has 0 aromatic heterocycles. The summed E-state index contributed by atoms with van der Waals surface area (Å²) in [7, 11) is -0.545. The molecule has 1 aliphatic rings. The van der Waals surface area contributed by atoms with Gasteiger partial charge in [0.1, 0.15) is 17.2 Å². The minimum atomic E-state index is -3.65. The Labute approximate surface area is 195 Å². The van der Waals surface area contributed by atoms with Crippen LogP contribution in [0.25, 0.3) is 6.08 Å². The molecular weight excluding hydrogens is 444 g/mol. The van der Waals surface area contributed by atoms with Crippen LogP contribution < -0.4 is 19.5 Å². The molecule has 1 saturated heterocycles. The van der Waals surface area contributed by atoms with E-state index in [2.05, 4.69) is 5.32 Å². The molecule has 0 unspecified atom stereocenters. The van der Waals surface area contributed by atoms with Crippen molar-refractivity contribution in [2.75, 3.05) is 39.2 Å². The second-order valence-corrected chi connectivity index (χ2v) is 9.42. The van der Waals surface area contributed by atoms with Crippen LogP contribution in [-0.4, -0.2) is 52.5 Å². The van der Waals surface area contributed by atoms with E-state index in [1.165, 1.54) is 22.5 Å². The van der Waals surface area contributed by atoms with Crippen molar-refractivity contribution < 1.29 is 27.4 Å². The van der Waals surface area contributed by atoms with Crippen LogP contribution in [0, 0.1) is 0 Å². The molecule has 2 aromatic carbocycles. The molecule has 8 nitrogen and oxygen atoms in total. The number of hydrogen-bond donors (Lipinski definition) is 1. The van der Waals surface area contributed by atoms with Gasteiger partial charge in [-0.2, -0.15) is 4.31 Å². The zero-order chi connectivity index (χ0) is 23.8. The Hall–Kier alpha value is -3.04. The fourth-order valence-corrected chi connectivity index (χ4v) is 5.16. The number of carbonyl (C=O) groups excluding carboxylic acids is 1. The summed E-state index contributed by atoms with van der Waals surface area (Å²) in [6.07, 6.45) is 5.67.